The van der Waals surface area contributed by atoms with Crippen molar-refractivity contribution in [3.8, 4) is 0 Å². The van der Waals surface area contributed by atoms with Crippen LogP contribution in [0.3, 0.4) is 0 Å². The van der Waals surface area contributed by atoms with Crippen molar-refractivity contribution in [2.75, 3.05) is 26.3 Å². The van der Waals surface area contributed by atoms with Crippen LogP contribution >= 0.6 is 0 Å². The van der Waals surface area contributed by atoms with Crippen molar-refractivity contribution in [2.24, 2.45) is 50.2 Å². The van der Waals surface area contributed by atoms with Gasteiger partial charge in [0.2, 0.25) is 5.91 Å². The van der Waals surface area contributed by atoms with Gasteiger partial charge < -0.3 is 14.4 Å². The Morgan fingerprint density at radius 3 is 2.24 bits per heavy atom. The SMILES string of the molecule is CC(=O)O[C@H]1CC[C@@]2(C)C(CC[C@]3(C)C2CC=C2C4CC(C)(C)CC[C@]4(C(=O)N4CCOCC4)CC[C@]23C)C1(C)C. The van der Waals surface area contributed by atoms with Crippen LogP contribution in [0.15, 0.2) is 11.6 Å². The molecule has 4 saturated carbocycles. The van der Waals surface area contributed by atoms with Gasteiger partial charge in [0.25, 0.3) is 0 Å². The van der Waals surface area contributed by atoms with Crippen LogP contribution < -0.4 is 0 Å². The molecule has 0 aromatic rings. The van der Waals surface area contributed by atoms with E-state index in [1.165, 1.54) is 12.8 Å². The van der Waals surface area contributed by atoms with Gasteiger partial charge in [-0.1, -0.05) is 60.1 Å². The number of allylic oxidation sites excluding steroid dienone is 2. The molecule has 230 valence electrons. The Morgan fingerprint density at radius 1 is 0.878 bits per heavy atom. The summed E-state index contributed by atoms with van der Waals surface area (Å²) < 4.78 is 11.6. The van der Waals surface area contributed by atoms with Crippen LogP contribution in [-0.2, 0) is 19.1 Å². The molecule has 0 aromatic carbocycles. The Labute approximate surface area is 249 Å². The highest BCUT2D eigenvalue weighted by Crippen LogP contribution is 2.76. The summed E-state index contributed by atoms with van der Waals surface area (Å²) >= 11 is 0. The topological polar surface area (TPSA) is 55.8 Å². The minimum absolute atomic E-state index is 0.0127. The van der Waals surface area contributed by atoms with Gasteiger partial charge in [-0.15, -0.1) is 0 Å². The number of rotatable bonds is 2. The normalized spacial score (nSPS) is 46.6. The highest BCUT2D eigenvalue weighted by Gasteiger charge is 2.69. The first-order chi connectivity index (χ1) is 19.1. The number of fused-ring (bicyclic) bond motifs is 7. The molecule has 5 fully saturated rings. The second-order valence-corrected chi connectivity index (χ2v) is 17.2. The number of ether oxygens (including phenoxy) is 2. The molecule has 0 aromatic heterocycles. The lowest BCUT2D eigenvalue weighted by Crippen LogP contribution is -2.66. The maximum absolute atomic E-state index is 14.5. The van der Waals surface area contributed by atoms with Gasteiger partial charge in [-0.2, -0.15) is 0 Å². The zero-order valence-electron chi connectivity index (χ0n) is 27.4. The zero-order valence-corrected chi connectivity index (χ0v) is 27.4. The molecule has 0 radical (unpaired) electrons. The molecule has 1 saturated heterocycles. The second kappa shape index (κ2) is 9.57. The number of amides is 1. The van der Waals surface area contributed by atoms with Crippen LogP contribution in [0.25, 0.3) is 0 Å². The van der Waals surface area contributed by atoms with Gasteiger partial charge >= 0.3 is 5.97 Å². The Balaban J connectivity index is 1.38. The number of nitrogens with zero attached hydrogens (tertiary/aromatic N) is 1. The Morgan fingerprint density at radius 2 is 1.56 bits per heavy atom. The van der Waals surface area contributed by atoms with Crippen LogP contribution in [0.1, 0.15) is 120 Å². The molecular weight excluding hydrogens is 510 g/mol. The molecule has 0 N–H and O–H groups in total. The third-order valence-corrected chi connectivity index (χ3v) is 14.6. The highest BCUT2D eigenvalue weighted by atomic mass is 16.5. The van der Waals surface area contributed by atoms with E-state index in [9.17, 15) is 9.59 Å². The average Bonchev–Trinajstić information content (AvgIpc) is 2.90. The van der Waals surface area contributed by atoms with Crippen molar-refractivity contribution in [1.29, 1.82) is 0 Å². The van der Waals surface area contributed by atoms with Crippen molar-refractivity contribution in [2.45, 2.75) is 126 Å². The number of carbonyl (C=O) groups is 2. The summed E-state index contributed by atoms with van der Waals surface area (Å²) in [7, 11) is 0. The molecule has 41 heavy (non-hydrogen) atoms. The molecule has 5 heteroatoms. The molecule has 1 aliphatic heterocycles. The fourth-order valence-corrected chi connectivity index (χ4v) is 12.1. The fraction of sp³-hybridized carbons (Fsp3) is 0.889. The quantitative estimate of drug-likeness (QED) is 0.255. The van der Waals surface area contributed by atoms with E-state index in [2.05, 4.69) is 59.4 Å². The number of hydrogen-bond donors (Lipinski definition) is 0. The van der Waals surface area contributed by atoms with Crippen molar-refractivity contribution < 1.29 is 19.1 Å². The van der Waals surface area contributed by atoms with Crippen molar-refractivity contribution in [3.63, 3.8) is 0 Å². The maximum atomic E-state index is 14.5. The van der Waals surface area contributed by atoms with Gasteiger partial charge in [0.15, 0.2) is 0 Å². The van der Waals surface area contributed by atoms with Crippen LogP contribution in [-0.4, -0.2) is 49.2 Å². The van der Waals surface area contributed by atoms with E-state index in [4.69, 9.17) is 9.47 Å². The summed E-state index contributed by atoms with van der Waals surface area (Å²) in [5.74, 6) is 1.79. The average molecular weight is 568 g/mol. The smallest absolute Gasteiger partial charge is 0.302 e. The van der Waals surface area contributed by atoms with Crippen LogP contribution in [0.4, 0.5) is 0 Å². The predicted molar refractivity (Wildman–Crippen MR) is 162 cm³/mol. The largest absolute Gasteiger partial charge is 0.462 e. The minimum atomic E-state index is -0.243. The fourth-order valence-electron chi connectivity index (χ4n) is 12.1. The molecule has 0 spiro atoms. The van der Waals surface area contributed by atoms with Gasteiger partial charge in [-0.25, -0.2) is 0 Å². The second-order valence-electron chi connectivity index (χ2n) is 17.2. The number of hydrogen-bond acceptors (Lipinski definition) is 4. The molecule has 5 aliphatic carbocycles. The number of carbonyl (C=O) groups excluding carboxylic acids is 2. The molecule has 1 amide bonds. The monoisotopic (exact) mass is 567 g/mol. The van der Waals surface area contributed by atoms with E-state index in [-0.39, 0.29) is 44.6 Å². The summed E-state index contributed by atoms with van der Waals surface area (Å²) in [4.78, 5) is 28.6. The van der Waals surface area contributed by atoms with Gasteiger partial charge in [0.1, 0.15) is 6.10 Å². The Hall–Kier alpha value is -1.36. The van der Waals surface area contributed by atoms with Gasteiger partial charge in [0, 0.05) is 25.4 Å². The number of morpholine rings is 1. The minimum Gasteiger partial charge on any atom is -0.462 e. The van der Waals surface area contributed by atoms with Crippen molar-refractivity contribution in [3.05, 3.63) is 11.6 Å². The first-order valence-electron chi connectivity index (χ1n) is 16.9. The predicted octanol–water partition coefficient (Wildman–Crippen LogP) is 7.58. The summed E-state index contributed by atoms with van der Waals surface area (Å²) in [5.41, 5.74) is 2.20. The molecule has 5 nitrogen and oxygen atoms in total. The zero-order chi connectivity index (χ0) is 29.6. The van der Waals surface area contributed by atoms with E-state index in [0.717, 1.165) is 64.5 Å². The van der Waals surface area contributed by atoms with E-state index in [1.807, 2.05) is 0 Å². The van der Waals surface area contributed by atoms with E-state index in [0.29, 0.717) is 36.9 Å². The van der Waals surface area contributed by atoms with Crippen LogP contribution in [0, 0.1) is 50.2 Å². The molecule has 8 atom stereocenters. The van der Waals surface area contributed by atoms with E-state index < -0.39 is 0 Å². The van der Waals surface area contributed by atoms with E-state index >= 15 is 0 Å². The molecular formula is C36H57NO4. The van der Waals surface area contributed by atoms with Gasteiger partial charge in [-0.3, -0.25) is 9.59 Å². The highest BCUT2D eigenvalue weighted by molar-refractivity contribution is 5.84. The third kappa shape index (κ3) is 4.16. The number of esters is 1. The standard InChI is InChI=1S/C36H57NO4/c1-24(38)41-29-12-13-33(6)27(32(29,4)5)11-14-35(8)28(33)10-9-25-26-23-31(2,3)15-17-36(26,18-16-34(25,35)7)30(39)37-19-21-40-22-20-37/h9,26-29H,10-23H2,1-8H3/t26?,27?,28?,29-,33-,34+,35+,36-/m0/s1. The summed E-state index contributed by atoms with van der Waals surface area (Å²) in [5, 5.41) is 0. The lowest BCUT2D eigenvalue weighted by molar-refractivity contribution is -0.212. The van der Waals surface area contributed by atoms with Crippen molar-refractivity contribution >= 4 is 11.9 Å². The summed E-state index contributed by atoms with van der Waals surface area (Å²) in [6, 6.07) is 0. The Kier molecular flexibility index (Phi) is 6.93. The molecule has 0 bridgehead atoms. The first kappa shape index (κ1) is 29.7. The van der Waals surface area contributed by atoms with Crippen LogP contribution in [0.5, 0.6) is 0 Å². The molecule has 3 unspecified atom stereocenters. The van der Waals surface area contributed by atoms with Crippen molar-refractivity contribution in [1.82, 2.24) is 4.90 Å². The van der Waals surface area contributed by atoms with E-state index in [1.54, 1.807) is 12.5 Å². The maximum Gasteiger partial charge on any atom is 0.302 e. The first-order valence-corrected chi connectivity index (χ1v) is 16.9. The lowest BCUT2D eigenvalue weighted by Gasteiger charge is -2.71. The Bertz CT molecular complexity index is 1120. The molecule has 6 rings (SSSR count). The summed E-state index contributed by atoms with van der Waals surface area (Å²) in [6.45, 7) is 21.9. The third-order valence-electron chi connectivity index (χ3n) is 14.6. The lowest BCUT2D eigenvalue weighted by atomic mass is 9.33. The summed E-state index contributed by atoms with van der Waals surface area (Å²) in [6.07, 6.45) is 13.8. The molecule has 1 heterocycles. The van der Waals surface area contributed by atoms with Gasteiger partial charge in [0.05, 0.1) is 18.6 Å². The molecule has 6 aliphatic rings. The van der Waals surface area contributed by atoms with Gasteiger partial charge in [-0.05, 0) is 104 Å². The van der Waals surface area contributed by atoms with Crippen LogP contribution in [0.2, 0.25) is 0 Å².